The molecule has 2 fully saturated rings. The maximum atomic E-state index is 10.9. The Morgan fingerprint density at radius 2 is 2.20 bits per heavy atom. The lowest BCUT2D eigenvalue weighted by molar-refractivity contribution is -0.394. The third kappa shape index (κ3) is 1.62. The SMILES string of the molecule is O=[N+]([O-])c1nc(Cl)c2ncn([C@@H]3C[C@H]4CC[C@@H]3C4)c2n1. The zero-order chi connectivity index (χ0) is 13.9. The molecule has 0 N–H and O–H groups in total. The number of rotatable bonds is 2. The predicted octanol–water partition coefficient (Wildman–Crippen LogP) is 2.75. The minimum atomic E-state index is -0.622. The van der Waals surface area contributed by atoms with Crippen LogP contribution in [0.2, 0.25) is 5.15 Å². The number of imidazole rings is 1. The molecule has 2 bridgehead atoms. The van der Waals surface area contributed by atoms with Crippen molar-refractivity contribution in [2.45, 2.75) is 31.7 Å². The third-order valence-corrected chi connectivity index (χ3v) is 4.85. The van der Waals surface area contributed by atoms with E-state index >= 15 is 0 Å². The molecule has 0 amide bonds. The first-order valence-corrected chi connectivity index (χ1v) is 7.05. The van der Waals surface area contributed by atoms with Gasteiger partial charge in [0, 0.05) is 6.04 Å². The highest BCUT2D eigenvalue weighted by molar-refractivity contribution is 6.33. The first kappa shape index (κ1) is 12.0. The topological polar surface area (TPSA) is 86.7 Å². The number of hydrogen-bond donors (Lipinski definition) is 0. The maximum absolute atomic E-state index is 10.9. The molecule has 0 unspecified atom stereocenters. The molecule has 8 heteroatoms. The van der Waals surface area contributed by atoms with Gasteiger partial charge in [-0.3, -0.25) is 4.57 Å². The summed E-state index contributed by atoms with van der Waals surface area (Å²) in [4.78, 5) is 22.2. The van der Waals surface area contributed by atoms with Crippen LogP contribution >= 0.6 is 11.6 Å². The van der Waals surface area contributed by atoms with Gasteiger partial charge in [0.25, 0.3) is 0 Å². The van der Waals surface area contributed by atoms with E-state index < -0.39 is 10.9 Å². The highest BCUT2D eigenvalue weighted by Gasteiger charge is 2.41. The number of halogens is 1. The lowest BCUT2D eigenvalue weighted by Crippen LogP contribution is -2.16. The van der Waals surface area contributed by atoms with Crippen molar-refractivity contribution in [1.29, 1.82) is 0 Å². The number of nitrogens with zero attached hydrogens (tertiary/aromatic N) is 5. The summed E-state index contributed by atoms with van der Waals surface area (Å²) < 4.78 is 1.96. The summed E-state index contributed by atoms with van der Waals surface area (Å²) in [7, 11) is 0. The smallest absolute Gasteiger partial charge is 0.390 e. The first-order valence-electron chi connectivity index (χ1n) is 6.68. The largest absolute Gasteiger partial charge is 0.472 e. The Morgan fingerprint density at radius 1 is 1.35 bits per heavy atom. The average molecular weight is 294 g/mol. The van der Waals surface area contributed by atoms with E-state index in [2.05, 4.69) is 15.0 Å². The molecule has 0 spiro atoms. The van der Waals surface area contributed by atoms with Gasteiger partial charge in [0.15, 0.2) is 5.52 Å². The zero-order valence-electron chi connectivity index (χ0n) is 10.6. The van der Waals surface area contributed by atoms with Crippen LogP contribution in [0.3, 0.4) is 0 Å². The van der Waals surface area contributed by atoms with Crippen LogP contribution in [0.15, 0.2) is 6.33 Å². The molecule has 4 rings (SSSR count). The molecule has 0 aliphatic heterocycles. The molecule has 0 radical (unpaired) electrons. The second-order valence-corrected chi connectivity index (χ2v) is 6.00. The fourth-order valence-corrected chi connectivity index (χ4v) is 3.96. The van der Waals surface area contributed by atoms with Crippen LogP contribution in [0.1, 0.15) is 31.7 Å². The third-order valence-electron chi connectivity index (χ3n) is 4.59. The van der Waals surface area contributed by atoms with Gasteiger partial charge in [-0.05, 0) is 52.6 Å². The zero-order valence-corrected chi connectivity index (χ0v) is 11.3. The molecule has 2 aromatic heterocycles. The normalized spacial score (nSPS) is 28.4. The molecule has 2 aromatic rings. The van der Waals surface area contributed by atoms with Crippen molar-refractivity contribution in [1.82, 2.24) is 19.5 Å². The Kier molecular flexibility index (Phi) is 2.47. The molecule has 2 heterocycles. The van der Waals surface area contributed by atoms with E-state index in [4.69, 9.17) is 11.6 Å². The molecule has 7 nitrogen and oxygen atoms in total. The molecular formula is C12H12ClN5O2. The van der Waals surface area contributed by atoms with Crippen LogP contribution in [0.4, 0.5) is 5.95 Å². The van der Waals surface area contributed by atoms with Crippen LogP contribution in [0.5, 0.6) is 0 Å². The van der Waals surface area contributed by atoms with Gasteiger partial charge in [-0.2, -0.15) is 0 Å². The fraction of sp³-hybridized carbons (Fsp3) is 0.583. The van der Waals surface area contributed by atoms with Gasteiger partial charge in [-0.1, -0.05) is 11.4 Å². The molecule has 0 aromatic carbocycles. The lowest BCUT2D eigenvalue weighted by atomic mass is 9.95. The molecule has 3 atom stereocenters. The van der Waals surface area contributed by atoms with Crippen molar-refractivity contribution in [3.8, 4) is 0 Å². The van der Waals surface area contributed by atoms with Crippen molar-refractivity contribution >= 4 is 28.7 Å². The lowest BCUT2D eigenvalue weighted by Gasteiger charge is -2.22. The standard InChI is InChI=1S/C12H12ClN5O2/c13-10-9-11(16-12(15-10)18(19)20)17(5-14-9)8-4-6-1-2-7(8)3-6/h5-8H,1-4H2/t6-,7+,8+/m0/s1. The second-order valence-electron chi connectivity index (χ2n) is 5.64. The summed E-state index contributed by atoms with van der Waals surface area (Å²) in [5.74, 6) is 0.937. The average Bonchev–Trinajstić information content (AvgIpc) is 3.12. The van der Waals surface area contributed by atoms with E-state index in [1.807, 2.05) is 4.57 Å². The van der Waals surface area contributed by atoms with Crippen LogP contribution < -0.4 is 0 Å². The van der Waals surface area contributed by atoms with Crippen LogP contribution in [0.25, 0.3) is 11.2 Å². The van der Waals surface area contributed by atoms with Crippen molar-refractivity contribution in [2.75, 3.05) is 0 Å². The highest BCUT2D eigenvalue weighted by atomic mass is 35.5. The Bertz CT molecular complexity index is 715. The van der Waals surface area contributed by atoms with E-state index in [9.17, 15) is 10.1 Å². The van der Waals surface area contributed by atoms with Crippen molar-refractivity contribution < 1.29 is 4.92 Å². The summed E-state index contributed by atoms with van der Waals surface area (Å²) in [6.45, 7) is 0. The molecule has 2 aliphatic rings. The van der Waals surface area contributed by atoms with Crippen molar-refractivity contribution in [2.24, 2.45) is 11.8 Å². The number of hydrogen-bond acceptors (Lipinski definition) is 5. The highest BCUT2D eigenvalue weighted by Crippen LogP contribution is 2.51. The number of fused-ring (bicyclic) bond motifs is 3. The van der Waals surface area contributed by atoms with Crippen LogP contribution in [-0.4, -0.2) is 24.4 Å². The predicted molar refractivity (Wildman–Crippen MR) is 71.5 cm³/mol. The van der Waals surface area contributed by atoms with Gasteiger partial charge in [0.1, 0.15) is 0 Å². The summed E-state index contributed by atoms with van der Waals surface area (Å²) in [5.41, 5.74) is 0.925. The quantitative estimate of drug-likeness (QED) is 0.483. The molecule has 2 aliphatic carbocycles. The molecule has 20 heavy (non-hydrogen) atoms. The molecular weight excluding hydrogens is 282 g/mol. The summed E-state index contributed by atoms with van der Waals surface area (Å²) in [5, 5.41) is 10.9. The van der Waals surface area contributed by atoms with Gasteiger partial charge in [0.2, 0.25) is 10.8 Å². The Morgan fingerprint density at radius 3 is 2.85 bits per heavy atom. The maximum Gasteiger partial charge on any atom is 0.472 e. The molecule has 2 saturated carbocycles. The van der Waals surface area contributed by atoms with Gasteiger partial charge in [-0.15, -0.1) is 0 Å². The van der Waals surface area contributed by atoms with Gasteiger partial charge < -0.3 is 10.1 Å². The van der Waals surface area contributed by atoms with E-state index in [0.717, 1.165) is 12.3 Å². The molecule has 0 saturated heterocycles. The van der Waals surface area contributed by atoms with E-state index in [1.54, 1.807) is 6.33 Å². The van der Waals surface area contributed by atoms with E-state index in [0.29, 0.717) is 23.1 Å². The summed E-state index contributed by atoms with van der Waals surface area (Å²) in [6.07, 6.45) is 6.55. The van der Waals surface area contributed by atoms with Gasteiger partial charge in [-0.25, -0.2) is 4.98 Å². The van der Waals surface area contributed by atoms with Gasteiger partial charge in [0.05, 0.1) is 6.33 Å². The van der Waals surface area contributed by atoms with Crippen LogP contribution in [-0.2, 0) is 0 Å². The van der Waals surface area contributed by atoms with Crippen molar-refractivity contribution in [3.63, 3.8) is 0 Å². The number of nitro groups is 1. The summed E-state index contributed by atoms with van der Waals surface area (Å²) in [6, 6.07) is 0.337. The Labute approximate surface area is 119 Å². The monoisotopic (exact) mass is 293 g/mol. The fourth-order valence-electron chi connectivity index (χ4n) is 3.75. The molecule has 104 valence electrons. The first-order chi connectivity index (χ1) is 9.63. The van der Waals surface area contributed by atoms with E-state index in [1.165, 1.54) is 19.3 Å². The Hall–Kier alpha value is -1.76. The summed E-state index contributed by atoms with van der Waals surface area (Å²) >= 11 is 5.97. The van der Waals surface area contributed by atoms with Crippen LogP contribution in [0, 0.1) is 22.0 Å². The second kappa shape index (κ2) is 4.12. The van der Waals surface area contributed by atoms with E-state index in [-0.39, 0.29) is 5.15 Å². The number of aromatic nitrogens is 4. The Balaban J connectivity index is 1.86. The minimum Gasteiger partial charge on any atom is -0.390 e. The minimum absolute atomic E-state index is 0.0450. The van der Waals surface area contributed by atoms with Gasteiger partial charge >= 0.3 is 5.95 Å². The van der Waals surface area contributed by atoms with Crippen molar-refractivity contribution in [3.05, 3.63) is 21.6 Å².